The quantitative estimate of drug-likeness (QED) is 0.558. The highest BCUT2D eigenvalue weighted by Crippen LogP contribution is 2.35. The van der Waals surface area contributed by atoms with E-state index in [1.807, 2.05) is 0 Å². The van der Waals surface area contributed by atoms with Crippen LogP contribution < -0.4 is 10.3 Å². The summed E-state index contributed by atoms with van der Waals surface area (Å²) in [6, 6.07) is 6.15. The van der Waals surface area contributed by atoms with E-state index in [0.717, 1.165) is 24.8 Å². The molecule has 2 aromatic heterocycles. The number of thiophene rings is 1. The summed E-state index contributed by atoms with van der Waals surface area (Å²) < 4.78 is 5.54. The summed E-state index contributed by atoms with van der Waals surface area (Å²) >= 11 is 1.57. The maximum Gasteiger partial charge on any atom is 0.310 e. The molecule has 7 nitrogen and oxygen atoms in total. The molecule has 0 bridgehead atoms. The van der Waals surface area contributed by atoms with Crippen molar-refractivity contribution in [3.05, 3.63) is 61.0 Å². The lowest BCUT2D eigenvalue weighted by Crippen LogP contribution is -2.15. The van der Waals surface area contributed by atoms with E-state index in [1.54, 1.807) is 23.5 Å². The van der Waals surface area contributed by atoms with Crippen LogP contribution in [0.5, 0.6) is 5.75 Å². The number of benzene rings is 1. The fourth-order valence-corrected chi connectivity index (χ4v) is 4.74. The molecule has 134 valence electrons. The Morgan fingerprint density at radius 1 is 1.42 bits per heavy atom. The van der Waals surface area contributed by atoms with Gasteiger partial charge in [-0.2, -0.15) is 0 Å². The molecular formula is C18H17N3O4S. The monoisotopic (exact) mass is 371 g/mol. The molecule has 26 heavy (non-hydrogen) atoms. The number of para-hydroxylation sites is 2. The molecular weight excluding hydrogens is 354 g/mol. The zero-order chi connectivity index (χ0) is 18.3. The Morgan fingerprint density at radius 3 is 3.04 bits per heavy atom. The van der Waals surface area contributed by atoms with Gasteiger partial charge in [-0.15, -0.1) is 11.3 Å². The average molecular weight is 371 g/mol. The summed E-state index contributed by atoms with van der Waals surface area (Å²) in [5.74, 6) is 1.14. The highest BCUT2D eigenvalue weighted by atomic mass is 32.1. The second kappa shape index (κ2) is 6.53. The zero-order valence-electron chi connectivity index (χ0n) is 14.2. The Morgan fingerprint density at radius 2 is 2.23 bits per heavy atom. The van der Waals surface area contributed by atoms with Crippen molar-refractivity contribution in [2.75, 3.05) is 0 Å². The van der Waals surface area contributed by atoms with Crippen molar-refractivity contribution in [2.45, 2.75) is 32.8 Å². The van der Waals surface area contributed by atoms with E-state index >= 15 is 0 Å². The second-order valence-corrected chi connectivity index (χ2v) is 7.64. The summed E-state index contributed by atoms with van der Waals surface area (Å²) in [5, 5.41) is 11.7. The molecule has 3 aromatic rings. The summed E-state index contributed by atoms with van der Waals surface area (Å²) in [7, 11) is 0. The minimum absolute atomic E-state index is 0.0327. The molecule has 0 radical (unpaired) electrons. The number of aromatic nitrogens is 2. The standard InChI is InChI=1S/C18H17N3O4S/c1-10-6-7-11-14(8-10)26-18-16(11)17(22)19-15(20-18)9-25-13-5-3-2-4-12(13)21(23)24/h2-5,10H,6-9H2,1H3,(H,19,20,22)/t10-/m0/s1. The first kappa shape index (κ1) is 16.7. The maximum atomic E-state index is 12.5. The van der Waals surface area contributed by atoms with Crippen molar-refractivity contribution >= 4 is 27.2 Å². The van der Waals surface area contributed by atoms with Gasteiger partial charge >= 0.3 is 5.69 Å². The molecule has 0 saturated carbocycles. The lowest BCUT2D eigenvalue weighted by molar-refractivity contribution is -0.385. The number of aryl methyl sites for hydroxylation is 1. The first-order valence-electron chi connectivity index (χ1n) is 8.42. The minimum atomic E-state index is -0.497. The van der Waals surface area contributed by atoms with Crippen LogP contribution in [-0.4, -0.2) is 14.9 Å². The molecule has 0 saturated heterocycles. The van der Waals surface area contributed by atoms with E-state index in [4.69, 9.17) is 4.74 Å². The number of hydrogen-bond acceptors (Lipinski definition) is 6. The summed E-state index contributed by atoms with van der Waals surface area (Å²) in [4.78, 5) is 32.4. The Balaban J connectivity index is 1.64. The van der Waals surface area contributed by atoms with Gasteiger partial charge in [-0.1, -0.05) is 19.1 Å². The SMILES string of the molecule is C[C@H]1CCc2c(sc3nc(COc4ccccc4[N+](=O)[O-])[nH]c(=O)c23)C1. The molecule has 1 N–H and O–H groups in total. The third-order valence-corrected chi connectivity index (χ3v) is 5.79. The molecule has 8 heteroatoms. The fourth-order valence-electron chi connectivity index (χ4n) is 3.34. The van der Waals surface area contributed by atoms with Crippen LogP contribution in [0.2, 0.25) is 0 Å². The number of rotatable bonds is 4. The Bertz CT molecular complexity index is 1060. The molecule has 0 unspecified atom stereocenters. The lowest BCUT2D eigenvalue weighted by atomic mass is 9.89. The number of nitrogens with one attached hydrogen (secondary N) is 1. The topological polar surface area (TPSA) is 98.1 Å². The predicted molar refractivity (Wildman–Crippen MR) is 98.9 cm³/mol. The van der Waals surface area contributed by atoms with Gasteiger partial charge < -0.3 is 9.72 Å². The number of nitrogens with zero attached hydrogens (tertiary/aromatic N) is 2. The van der Waals surface area contributed by atoms with Crippen LogP contribution in [0.4, 0.5) is 5.69 Å². The van der Waals surface area contributed by atoms with Crippen molar-refractivity contribution in [3.63, 3.8) is 0 Å². The average Bonchev–Trinajstić information content (AvgIpc) is 2.97. The molecule has 0 spiro atoms. The van der Waals surface area contributed by atoms with Gasteiger partial charge in [0.15, 0.2) is 5.75 Å². The van der Waals surface area contributed by atoms with E-state index in [2.05, 4.69) is 16.9 Å². The fraction of sp³-hybridized carbons (Fsp3) is 0.333. The molecule has 0 aliphatic heterocycles. The third-order valence-electron chi connectivity index (χ3n) is 4.64. The van der Waals surface area contributed by atoms with Gasteiger partial charge in [0.2, 0.25) is 0 Å². The molecule has 2 heterocycles. The summed E-state index contributed by atoms with van der Waals surface area (Å²) in [5.41, 5.74) is 0.850. The van der Waals surface area contributed by atoms with Crippen molar-refractivity contribution in [3.8, 4) is 5.75 Å². The normalized spacial score (nSPS) is 16.4. The minimum Gasteiger partial charge on any atom is -0.479 e. The molecule has 1 aliphatic rings. The highest BCUT2D eigenvalue weighted by Gasteiger charge is 2.23. The summed E-state index contributed by atoms with van der Waals surface area (Å²) in [6.45, 7) is 2.19. The second-order valence-electron chi connectivity index (χ2n) is 6.56. The van der Waals surface area contributed by atoms with E-state index in [9.17, 15) is 14.9 Å². The lowest BCUT2D eigenvalue weighted by Gasteiger charge is -2.17. The number of fused-ring (bicyclic) bond motifs is 3. The van der Waals surface area contributed by atoms with Crippen LogP contribution in [0.15, 0.2) is 29.1 Å². The molecule has 0 fully saturated rings. The summed E-state index contributed by atoms with van der Waals surface area (Å²) in [6.07, 6.45) is 2.98. The molecule has 1 aliphatic carbocycles. The first-order chi connectivity index (χ1) is 12.5. The van der Waals surface area contributed by atoms with E-state index in [1.165, 1.54) is 17.0 Å². The first-order valence-corrected chi connectivity index (χ1v) is 9.24. The predicted octanol–water partition coefficient (Wildman–Crippen LogP) is 3.60. The van der Waals surface area contributed by atoms with Gasteiger partial charge in [0, 0.05) is 10.9 Å². The number of nitro benzene ring substituents is 1. The molecule has 0 amide bonds. The van der Waals surface area contributed by atoms with Crippen LogP contribution in [-0.2, 0) is 19.4 Å². The van der Waals surface area contributed by atoms with E-state index < -0.39 is 4.92 Å². The van der Waals surface area contributed by atoms with Crippen molar-refractivity contribution in [1.29, 1.82) is 0 Å². The van der Waals surface area contributed by atoms with Crippen LogP contribution in [0, 0.1) is 16.0 Å². The molecule has 1 aromatic carbocycles. The van der Waals surface area contributed by atoms with Crippen LogP contribution >= 0.6 is 11.3 Å². The van der Waals surface area contributed by atoms with Crippen molar-refractivity contribution < 1.29 is 9.66 Å². The van der Waals surface area contributed by atoms with Crippen molar-refractivity contribution in [2.24, 2.45) is 5.92 Å². The number of ether oxygens (including phenoxy) is 1. The van der Waals surface area contributed by atoms with Crippen LogP contribution in [0.1, 0.15) is 29.6 Å². The Hall–Kier alpha value is -2.74. The number of nitro groups is 1. The van der Waals surface area contributed by atoms with E-state index in [0.29, 0.717) is 22.0 Å². The molecule has 1 atom stereocenters. The van der Waals surface area contributed by atoms with Gasteiger partial charge in [-0.25, -0.2) is 4.98 Å². The van der Waals surface area contributed by atoms with Crippen molar-refractivity contribution in [1.82, 2.24) is 9.97 Å². The van der Waals surface area contributed by atoms with Gasteiger partial charge in [0.1, 0.15) is 17.3 Å². The van der Waals surface area contributed by atoms with Gasteiger partial charge in [-0.3, -0.25) is 14.9 Å². The van der Waals surface area contributed by atoms with Gasteiger partial charge in [0.05, 0.1) is 10.3 Å². The van der Waals surface area contributed by atoms with Crippen LogP contribution in [0.25, 0.3) is 10.2 Å². The number of hydrogen-bond donors (Lipinski definition) is 1. The highest BCUT2D eigenvalue weighted by molar-refractivity contribution is 7.18. The third kappa shape index (κ3) is 2.96. The smallest absolute Gasteiger partial charge is 0.310 e. The van der Waals surface area contributed by atoms with E-state index in [-0.39, 0.29) is 23.6 Å². The Labute approximate surface area is 152 Å². The van der Waals surface area contributed by atoms with Gasteiger partial charge in [-0.05, 0) is 36.8 Å². The Kier molecular flexibility index (Phi) is 4.20. The van der Waals surface area contributed by atoms with Crippen LogP contribution in [0.3, 0.4) is 0 Å². The molecule has 4 rings (SSSR count). The zero-order valence-corrected chi connectivity index (χ0v) is 15.0. The number of aromatic amines is 1. The number of H-pyrrole nitrogens is 1. The largest absolute Gasteiger partial charge is 0.479 e. The maximum absolute atomic E-state index is 12.5. The van der Waals surface area contributed by atoms with Gasteiger partial charge in [0.25, 0.3) is 5.56 Å².